The van der Waals surface area contributed by atoms with E-state index in [2.05, 4.69) is 5.32 Å². The molecular weight excluding hydrogens is 372 g/mol. The highest BCUT2D eigenvalue weighted by Gasteiger charge is 2.51. The van der Waals surface area contributed by atoms with Crippen LogP contribution >= 0.6 is 0 Å². The summed E-state index contributed by atoms with van der Waals surface area (Å²) in [5.41, 5.74) is 0.155. The summed E-state index contributed by atoms with van der Waals surface area (Å²) in [4.78, 5) is 38.4. The van der Waals surface area contributed by atoms with Gasteiger partial charge in [-0.2, -0.15) is 0 Å². The standard InChI is InChI=1S/C22H34N2O5/c1-14-11-24(12-15(2)29-14)20(26)13-28-21(27)10-23-19(25)9-22-6-16-3-17(7-22)5-18(4-16)8-22/h14-18H,3-13H2,1-2H3,(H,23,25)/t14-,15+,16?,17?,18?,22?. The Morgan fingerprint density at radius 2 is 1.55 bits per heavy atom. The molecule has 7 nitrogen and oxygen atoms in total. The second-order valence-corrected chi connectivity index (χ2v) is 10.1. The first-order valence-corrected chi connectivity index (χ1v) is 11.2. The third-order valence-electron chi connectivity index (χ3n) is 7.26. The molecule has 0 spiro atoms. The Morgan fingerprint density at radius 3 is 2.10 bits per heavy atom. The SMILES string of the molecule is C[C@@H]1CN(C(=O)COC(=O)CNC(=O)CC23CC4CC(CC(C4)C2)C3)C[C@H](C)O1. The molecule has 1 heterocycles. The normalized spacial score (nSPS) is 38.0. The van der Waals surface area contributed by atoms with Crippen molar-refractivity contribution >= 4 is 17.8 Å². The highest BCUT2D eigenvalue weighted by molar-refractivity contribution is 5.84. The van der Waals surface area contributed by atoms with Crippen LogP contribution < -0.4 is 5.32 Å². The zero-order chi connectivity index (χ0) is 20.6. The number of ether oxygens (including phenoxy) is 2. The molecule has 2 amide bonds. The van der Waals surface area contributed by atoms with Crippen molar-refractivity contribution in [2.24, 2.45) is 23.2 Å². The topological polar surface area (TPSA) is 84.9 Å². The molecule has 5 aliphatic rings. The van der Waals surface area contributed by atoms with E-state index >= 15 is 0 Å². The van der Waals surface area contributed by atoms with Crippen LogP contribution in [0.25, 0.3) is 0 Å². The maximum atomic E-state index is 12.5. The molecule has 29 heavy (non-hydrogen) atoms. The molecule has 4 saturated carbocycles. The van der Waals surface area contributed by atoms with Gasteiger partial charge in [-0.3, -0.25) is 14.4 Å². The van der Waals surface area contributed by atoms with E-state index in [0.717, 1.165) is 17.8 Å². The van der Waals surface area contributed by atoms with Gasteiger partial charge in [-0.1, -0.05) is 0 Å². The number of amides is 2. The quantitative estimate of drug-likeness (QED) is 0.681. The number of carbonyl (C=O) groups excluding carboxylic acids is 3. The van der Waals surface area contributed by atoms with E-state index in [9.17, 15) is 14.4 Å². The molecule has 1 N–H and O–H groups in total. The van der Waals surface area contributed by atoms with E-state index in [0.29, 0.717) is 19.5 Å². The fourth-order valence-corrected chi connectivity index (χ4v) is 6.75. The predicted octanol–water partition coefficient (Wildman–Crippen LogP) is 1.89. The van der Waals surface area contributed by atoms with E-state index in [4.69, 9.17) is 9.47 Å². The minimum Gasteiger partial charge on any atom is -0.454 e. The lowest BCUT2D eigenvalue weighted by atomic mass is 9.49. The van der Waals surface area contributed by atoms with Crippen molar-refractivity contribution in [3.8, 4) is 0 Å². The van der Waals surface area contributed by atoms with Crippen molar-refractivity contribution < 1.29 is 23.9 Å². The van der Waals surface area contributed by atoms with Gasteiger partial charge in [0.2, 0.25) is 5.91 Å². The highest BCUT2D eigenvalue weighted by Crippen LogP contribution is 2.61. The number of esters is 1. The number of rotatable bonds is 6. The molecule has 0 aromatic heterocycles. The van der Waals surface area contributed by atoms with Gasteiger partial charge in [-0.05, 0) is 75.5 Å². The lowest BCUT2D eigenvalue weighted by Gasteiger charge is -2.56. The number of hydrogen-bond donors (Lipinski definition) is 1. The van der Waals surface area contributed by atoms with Crippen molar-refractivity contribution in [1.29, 1.82) is 0 Å². The van der Waals surface area contributed by atoms with Crippen LogP contribution in [0.5, 0.6) is 0 Å². The first kappa shape index (κ1) is 20.6. The van der Waals surface area contributed by atoms with Crippen molar-refractivity contribution in [3.63, 3.8) is 0 Å². The Balaban J connectivity index is 1.17. The van der Waals surface area contributed by atoms with Crippen LogP contribution in [0.2, 0.25) is 0 Å². The molecule has 7 heteroatoms. The van der Waals surface area contributed by atoms with Crippen molar-refractivity contribution in [2.45, 2.75) is 71.0 Å². The van der Waals surface area contributed by atoms with Crippen LogP contribution in [0.3, 0.4) is 0 Å². The van der Waals surface area contributed by atoms with Crippen LogP contribution in [0.15, 0.2) is 0 Å². The molecule has 4 aliphatic carbocycles. The number of morpholine rings is 1. The summed E-state index contributed by atoms with van der Waals surface area (Å²) in [6.07, 6.45) is 8.02. The molecule has 5 rings (SSSR count). The first-order valence-electron chi connectivity index (χ1n) is 11.2. The summed E-state index contributed by atoms with van der Waals surface area (Å²) < 4.78 is 10.7. The van der Waals surface area contributed by atoms with Crippen LogP contribution in [0, 0.1) is 23.2 Å². The predicted molar refractivity (Wildman–Crippen MR) is 106 cm³/mol. The summed E-state index contributed by atoms with van der Waals surface area (Å²) in [6, 6.07) is 0. The van der Waals surface area contributed by atoms with Gasteiger partial charge in [0.25, 0.3) is 5.91 Å². The van der Waals surface area contributed by atoms with Crippen molar-refractivity contribution in [1.82, 2.24) is 10.2 Å². The first-order chi connectivity index (χ1) is 13.8. The van der Waals surface area contributed by atoms with Crippen molar-refractivity contribution in [2.75, 3.05) is 26.2 Å². The minimum atomic E-state index is -0.563. The number of hydrogen-bond acceptors (Lipinski definition) is 5. The minimum absolute atomic E-state index is 0.0257. The van der Waals surface area contributed by atoms with Gasteiger partial charge in [0.1, 0.15) is 6.54 Å². The number of carbonyl (C=O) groups is 3. The summed E-state index contributed by atoms with van der Waals surface area (Å²) in [5.74, 6) is 1.56. The van der Waals surface area contributed by atoms with Crippen molar-refractivity contribution in [3.05, 3.63) is 0 Å². The van der Waals surface area contributed by atoms with Gasteiger partial charge in [-0.15, -0.1) is 0 Å². The molecule has 0 unspecified atom stereocenters. The highest BCUT2D eigenvalue weighted by atomic mass is 16.5. The van der Waals surface area contributed by atoms with Crippen LogP contribution in [-0.4, -0.2) is 61.1 Å². The number of nitrogens with zero attached hydrogens (tertiary/aromatic N) is 1. The summed E-state index contributed by atoms with van der Waals surface area (Å²) in [5, 5.41) is 2.72. The molecule has 0 radical (unpaired) electrons. The zero-order valence-electron chi connectivity index (χ0n) is 17.7. The van der Waals surface area contributed by atoms with Gasteiger partial charge in [-0.25, -0.2) is 0 Å². The molecular formula is C22H34N2O5. The second kappa shape index (κ2) is 8.25. The molecule has 0 aromatic rings. The Labute approximate surface area is 172 Å². The third kappa shape index (κ3) is 4.93. The Kier molecular flexibility index (Phi) is 5.87. The summed E-state index contributed by atoms with van der Waals surface area (Å²) in [6.45, 7) is 4.38. The molecule has 4 bridgehead atoms. The maximum Gasteiger partial charge on any atom is 0.325 e. The smallest absolute Gasteiger partial charge is 0.325 e. The van der Waals surface area contributed by atoms with Gasteiger partial charge in [0, 0.05) is 19.5 Å². The fraction of sp³-hybridized carbons (Fsp3) is 0.864. The molecule has 1 saturated heterocycles. The Morgan fingerprint density at radius 1 is 1.00 bits per heavy atom. The lowest BCUT2D eigenvalue weighted by Crippen LogP contribution is -2.49. The maximum absolute atomic E-state index is 12.5. The Hall–Kier alpha value is -1.63. The number of nitrogens with one attached hydrogen (secondary N) is 1. The van der Waals surface area contributed by atoms with E-state index < -0.39 is 5.97 Å². The Bertz CT molecular complexity index is 618. The van der Waals surface area contributed by atoms with E-state index in [1.54, 1.807) is 4.90 Å². The average Bonchev–Trinajstić information content (AvgIpc) is 2.62. The van der Waals surface area contributed by atoms with Gasteiger partial charge >= 0.3 is 5.97 Å². The lowest BCUT2D eigenvalue weighted by molar-refractivity contribution is -0.157. The van der Waals surface area contributed by atoms with E-state index in [1.165, 1.54) is 38.5 Å². The summed E-state index contributed by atoms with van der Waals surface area (Å²) in [7, 11) is 0. The van der Waals surface area contributed by atoms with Gasteiger partial charge in [0.15, 0.2) is 6.61 Å². The molecule has 0 aromatic carbocycles. The molecule has 2 atom stereocenters. The van der Waals surface area contributed by atoms with Crippen LogP contribution in [-0.2, 0) is 23.9 Å². The summed E-state index contributed by atoms with van der Waals surface area (Å²) >= 11 is 0. The van der Waals surface area contributed by atoms with Gasteiger partial charge < -0.3 is 19.7 Å². The zero-order valence-corrected chi connectivity index (χ0v) is 17.7. The third-order valence-corrected chi connectivity index (χ3v) is 7.26. The molecule has 5 fully saturated rings. The van der Waals surface area contributed by atoms with Crippen LogP contribution in [0.4, 0.5) is 0 Å². The van der Waals surface area contributed by atoms with E-state index in [1.807, 2.05) is 13.8 Å². The largest absolute Gasteiger partial charge is 0.454 e. The van der Waals surface area contributed by atoms with E-state index in [-0.39, 0.29) is 42.6 Å². The van der Waals surface area contributed by atoms with Crippen LogP contribution in [0.1, 0.15) is 58.8 Å². The van der Waals surface area contributed by atoms with Gasteiger partial charge in [0.05, 0.1) is 12.2 Å². The molecule has 162 valence electrons. The molecule has 1 aliphatic heterocycles. The second-order valence-electron chi connectivity index (χ2n) is 10.1. The average molecular weight is 407 g/mol. The fourth-order valence-electron chi connectivity index (χ4n) is 6.75. The monoisotopic (exact) mass is 406 g/mol.